The highest BCUT2D eigenvalue weighted by Gasteiger charge is 2.28. The number of hydrogen-bond donors (Lipinski definition) is 0. The summed E-state index contributed by atoms with van der Waals surface area (Å²) in [6.07, 6.45) is 1.65. The van der Waals surface area contributed by atoms with Crippen molar-refractivity contribution in [2.24, 2.45) is 0 Å². The van der Waals surface area contributed by atoms with Gasteiger partial charge < -0.3 is 0 Å². The Bertz CT molecular complexity index is 245. The fourth-order valence-corrected chi connectivity index (χ4v) is 2.07. The van der Waals surface area contributed by atoms with Gasteiger partial charge in [0.15, 0.2) is 0 Å². The van der Waals surface area contributed by atoms with Crippen molar-refractivity contribution in [1.82, 2.24) is 0 Å². The largest absolute Gasteiger partial charge is 0.112 e. The lowest BCUT2D eigenvalue weighted by atomic mass is 10.0. The standard InChI is InChI=1S/C10H14Br2Cl2/c1-7(2)9(12)4-5-10(14,6-11)8(3)13/h3-6H2,1-2H3. The summed E-state index contributed by atoms with van der Waals surface area (Å²) in [5, 5.41) is 1.11. The second-order valence-electron chi connectivity index (χ2n) is 3.41. The van der Waals surface area contributed by atoms with E-state index in [2.05, 4.69) is 52.3 Å². The summed E-state index contributed by atoms with van der Waals surface area (Å²) in [6.45, 7) is 7.81. The van der Waals surface area contributed by atoms with Crippen LogP contribution in [-0.4, -0.2) is 10.2 Å². The first-order valence-corrected chi connectivity index (χ1v) is 6.92. The van der Waals surface area contributed by atoms with E-state index < -0.39 is 4.87 Å². The van der Waals surface area contributed by atoms with Crippen LogP contribution in [0.2, 0.25) is 0 Å². The van der Waals surface area contributed by atoms with Crippen LogP contribution >= 0.6 is 55.1 Å². The van der Waals surface area contributed by atoms with Crippen molar-refractivity contribution in [1.29, 1.82) is 0 Å². The molecule has 4 heteroatoms. The van der Waals surface area contributed by atoms with Crippen molar-refractivity contribution in [2.75, 3.05) is 5.33 Å². The van der Waals surface area contributed by atoms with Crippen molar-refractivity contribution >= 4 is 55.1 Å². The van der Waals surface area contributed by atoms with Gasteiger partial charge in [-0.15, -0.1) is 11.6 Å². The van der Waals surface area contributed by atoms with Gasteiger partial charge in [0.25, 0.3) is 0 Å². The van der Waals surface area contributed by atoms with Crippen molar-refractivity contribution in [3.05, 3.63) is 21.7 Å². The molecule has 0 fully saturated rings. The van der Waals surface area contributed by atoms with E-state index in [0.29, 0.717) is 10.4 Å². The van der Waals surface area contributed by atoms with E-state index in [1.165, 1.54) is 10.1 Å². The molecule has 0 heterocycles. The predicted octanol–water partition coefficient (Wildman–Crippen LogP) is 5.58. The topological polar surface area (TPSA) is 0 Å². The van der Waals surface area contributed by atoms with Gasteiger partial charge in [0.1, 0.15) is 0 Å². The van der Waals surface area contributed by atoms with E-state index in [0.717, 1.165) is 12.8 Å². The molecule has 0 rings (SSSR count). The van der Waals surface area contributed by atoms with Crippen molar-refractivity contribution in [3.63, 3.8) is 0 Å². The Hall–Kier alpha value is 1.02. The van der Waals surface area contributed by atoms with Crippen LogP contribution in [-0.2, 0) is 0 Å². The van der Waals surface area contributed by atoms with Gasteiger partial charge in [-0.2, -0.15) is 0 Å². The molecule has 0 aliphatic heterocycles. The van der Waals surface area contributed by atoms with Crippen LogP contribution in [0.1, 0.15) is 26.7 Å². The summed E-state index contributed by atoms with van der Waals surface area (Å²) in [7, 11) is 0. The van der Waals surface area contributed by atoms with Gasteiger partial charge in [-0.1, -0.05) is 55.6 Å². The Morgan fingerprint density at radius 2 is 1.93 bits per heavy atom. The second-order valence-corrected chi connectivity index (χ2v) is 6.11. The first-order valence-electron chi connectivity index (χ1n) is 4.25. The minimum absolute atomic E-state index is 0.491. The zero-order valence-corrected chi connectivity index (χ0v) is 13.0. The van der Waals surface area contributed by atoms with Crippen LogP contribution in [0, 0.1) is 0 Å². The zero-order chi connectivity index (χ0) is 11.4. The Kier molecular flexibility index (Phi) is 7.05. The molecule has 0 aliphatic carbocycles. The molecule has 0 spiro atoms. The maximum atomic E-state index is 6.29. The van der Waals surface area contributed by atoms with Crippen molar-refractivity contribution in [2.45, 2.75) is 31.6 Å². The van der Waals surface area contributed by atoms with E-state index in [-0.39, 0.29) is 0 Å². The quantitative estimate of drug-likeness (QED) is 0.558. The molecule has 1 atom stereocenters. The number of halogens is 4. The summed E-state index contributed by atoms with van der Waals surface area (Å²) in [6, 6.07) is 0. The fourth-order valence-electron chi connectivity index (χ4n) is 0.833. The van der Waals surface area contributed by atoms with Gasteiger partial charge in [0, 0.05) is 10.4 Å². The average molecular weight is 365 g/mol. The van der Waals surface area contributed by atoms with Crippen molar-refractivity contribution < 1.29 is 0 Å². The molecule has 0 amide bonds. The minimum atomic E-state index is -0.546. The molecule has 0 aliphatic rings. The number of allylic oxidation sites excluding steroid dienone is 3. The highest BCUT2D eigenvalue weighted by molar-refractivity contribution is 9.11. The lowest BCUT2D eigenvalue weighted by Crippen LogP contribution is -2.23. The van der Waals surface area contributed by atoms with Crippen LogP contribution in [0.25, 0.3) is 0 Å². The molecule has 1 unspecified atom stereocenters. The van der Waals surface area contributed by atoms with Gasteiger partial charge in [0.2, 0.25) is 0 Å². The highest BCUT2D eigenvalue weighted by atomic mass is 79.9. The molecule has 0 bridgehead atoms. The van der Waals surface area contributed by atoms with Crippen LogP contribution in [0.3, 0.4) is 0 Å². The molecular weight excluding hydrogens is 351 g/mol. The zero-order valence-electron chi connectivity index (χ0n) is 8.34. The highest BCUT2D eigenvalue weighted by Crippen LogP contribution is 2.36. The molecule has 0 N–H and O–H groups in total. The van der Waals surface area contributed by atoms with E-state index in [1.807, 2.05) is 0 Å². The Balaban J connectivity index is 4.37. The summed E-state index contributed by atoms with van der Waals surface area (Å²) in [5.74, 6) is 0. The second kappa shape index (κ2) is 6.57. The van der Waals surface area contributed by atoms with E-state index >= 15 is 0 Å². The third-order valence-electron chi connectivity index (χ3n) is 1.98. The third-order valence-corrected chi connectivity index (χ3v) is 5.46. The monoisotopic (exact) mass is 362 g/mol. The number of alkyl halides is 2. The fraction of sp³-hybridized carbons (Fsp3) is 0.600. The maximum Gasteiger partial charge on any atom is 0.0894 e. The first-order chi connectivity index (χ1) is 6.33. The van der Waals surface area contributed by atoms with Crippen LogP contribution in [0.5, 0.6) is 0 Å². The summed E-state index contributed by atoms with van der Waals surface area (Å²) in [5.41, 5.74) is 1.26. The Morgan fingerprint density at radius 3 is 2.21 bits per heavy atom. The van der Waals surface area contributed by atoms with Gasteiger partial charge in [-0.05, 0) is 31.2 Å². The summed E-state index contributed by atoms with van der Waals surface area (Å²) < 4.78 is 1.18. The summed E-state index contributed by atoms with van der Waals surface area (Å²) in [4.78, 5) is -0.546. The molecular formula is C10H14Br2Cl2. The van der Waals surface area contributed by atoms with Crippen molar-refractivity contribution in [3.8, 4) is 0 Å². The number of hydrogen-bond acceptors (Lipinski definition) is 0. The van der Waals surface area contributed by atoms with Gasteiger partial charge >= 0.3 is 0 Å². The molecule has 0 nitrogen and oxygen atoms in total. The Labute approximate surface area is 113 Å². The first kappa shape index (κ1) is 15.0. The normalized spacial score (nSPS) is 14.7. The molecule has 0 saturated carbocycles. The minimum Gasteiger partial charge on any atom is -0.112 e. The smallest absolute Gasteiger partial charge is 0.0894 e. The van der Waals surface area contributed by atoms with Gasteiger partial charge in [-0.25, -0.2) is 0 Å². The van der Waals surface area contributed by atoms with E-state index in [1.54, 1.807) is 0 Å². The summed E-state index contributed by atoms with van der Waals surface area (Å²) >= 11 is 19.0. The number of rotatable bonds is 5. The lowest BCUT2D eigenvalue weighted by Gasteiger charge is -2.23. The lowest BCUT2D eigenvalue weighted by molar-refractivity contribution is 0.696. The molecule has 0 aromatic rings. The van der Waals surface area contributed by atoms with Crippen LogP contribution in [0.15, 0.2) is 21.7 Å². The molecule has 0 saturated heterocycles. The van der Waals surface area contributed by atoms with E-state index in [4.69, 9.17) is 23.2 Å². The Morgan fingerprint density at radius 1 is 1.43 bits per heavy atom. The maximum absolute atomic E-state index is 6.29. The van der Waals surface area contributed by atoms with E-state index in [9.17, 15) is 0 Å². The molecule has 0 aromatic heterocycles. The molecule has 82 valence electrons. The average Bonchev–Trinajstić information content (AvgIpc) is 2.12. The predicted molar refractivity (Wildman–Crippen MR) is 73.9 cm³/mol. The van der Waals surface area contributed by atoms with Gasteiger partial charge in [0.05, 0.1) is 4.87 Å². The van der Waals surface area contributed by atoms with Crippen LogP contribution in [0.4, 0.5) is 0 Å². The van der Waals surface area contributed by atoms with Crippen LogP contribution < -0.4 is 0 Å². The SMILES string of the molecule is C=C(Cl)C(Cl)(CBr)CCC(Br)=C(C)C. The molecule has 0 aromatic carbocycles. The molecule has 14 heavy (non-hydrogen) atoms. The third kappa shape index (κ3) is 4.69. The van der Waals surface area contributed by atoms with Gasteiger partial charge in [-0.3, -0.25) is 0 Å². The molecule has 0 radical (unpaired) electrons.